The fraction of sp³-hybridized carbons (Fsp3) is 0.531. The van der Waals surface area contributed by atoms with Gasteiger partial charge in [0.2, 0.25) is 11.5 Å². The van der Waals surface area contributed by atoms with E-state index in [4.69, 9.17) is 19.2 Å². The highest BCUT2D eigenvalue weighted by Gasteiger charge is 2.54. The SMILES string of the molecule is CCn1c(-c2cccnc2[C@H](C)OC)c2c3cc(ccc31)-c1cc(O)cc(c1)C[C@H](NC(=O)[C@H](C(C)C)N(C)C(=O)C1(C(F)F)CCCO1)C(=O)N1CCC[C@H]([Si]N1)C(=O)OCC(C)(C)C2. The number of ether oxygens (including phenoxy) is 3. The largest absolute Gasteiger partial charge is 0.508 e. The molecule has 2 fully saturated rings. The van der Waals surface area contributed by atoms with E-state index in [9.17, 15) is 33.1 Å². The summed E-state index contributed by atoms with van der Waals surface area (Å²) in [4.78, 5) is 62.6. The molecule has 4 aromatic rings. The summed E-state index contributed by atoms with van der Waals surface area (Å²) in [6.07, 6.45) is -0.198. The number of aromatic nitrogens is 2. The Kier molecular flexibility index (Phi) is 14.7. The Hall–Kier alpha value is -5.23. The number of carbonyl (C=O) groups is 4. The molecular weight excluding hydrogens is 867 g/mol. The third kappa shape index (κ3) is 9.76. The first-order valence-corrected chi connectivity index (χ1v) is 23.9. The number of alkyl halides is 2. The number of halogens is 2. The number of aromatic hydroxyl groups is 1. The maximum Gasteiger partial charge on any atom is 0.307 e. The molecule has 7 rings (SSSR count). The van der Waals surface area contributed by atoms with Gasteiger partial charge in [0, 0.05) is 68.4 Å². The van der Waals surface area contributed by atoms with Crippen molar-refractivity contribution in [2.75, 3.05) is 33.9 Å². The summed E-state index contributed by atoms with van der Waals surface area (Å²) in [7, 11) is 2.74. The van der Waals surface area contributed by atoms with Gasteiger partial charge in [0.15, 0.2) is 9.68 Å². The number of methoxy groups -OCH3 is 1. The number of nitrogens with one attached hydrogen (secondary N) is 2. The minimum Gasteiger partial charge on any atom is -0.508 e. The number of carbonyl (C=O) groups excluding carboxylic acids is 4. The monoisotopic (exact) mass is 928 g/mol. The number of phenolic OH excluding ortho intramolecular Hbond substituents is 1. The Balaban J connectivity index is 1.34. The van der Waals surface area contributed by atoms with Crippen molar-refractivity contribution in [1.29, 1.82) is 0 Å². The van der Waals surface area contributed by atoms with E-state index in [2.05, 4.69) is 53.9 Å². The average molecular weight is 929 g/mol. The van der Waals surface area contributed by atoms with E-state index in [0.29, 0.717) is 36.9 Å². The highest BCUT2D eigenvalue weighted by molar-refractivity contribution is 6.41. The van der Waals surface area contributed by atoms with Gasteiger partial charge in [-0.2, -0.15) is 0 Å². The molecule has 0 saturated carbocycles. The van der Waals surface area contributed by atoms with Crippen LogP contribution < -0.4 is 10.4 Å². The lowest BCUT2D eigenvalue weighted by Crippen LogP contribution is -2.61. The number of fused-ring (bicyclic) bond motifs is 7. The number of nitrogens with zero attached hydrogens (tertiary/aromatic N) is 4. The number of benzene rings is 2. The summed E-state index contributed by atoms with van der Waals surface area (Å²) < 4.78 is 48.5. The molecule has 3 aliphatic heterocycles. The van der Waals surface area contributed by atoms with Crippen molar-refractivity contribution >= 4 is 44.3 Å². The number of likely N-dealkylation sites (N-methyl/N-ethyl adjacent to an activating group) is 1. The number of cyclic esters (lactones) is 1. The zero-order valence-electron chi connectivity index (χ0n) is 39.1. The lowest BCUT2D eigenvalue weighted by Gasteiger charge is -2.37. The van der Waals surface area contributed by atoms with Crippen LogP contribution >= 0.6 is 0 Å². The normalized spacial score (nSPS) is 22.5. The van der Waals surface area contributed by atoms with Crippen LogP contribution in [0.15, 0.2) is 54.7 Å². The van der Waals surface area contributed by atoms with Gasteiger partial charge < -0.3 is 34.1 Å². The first-order chi connectivity index (χ1) is 31.4. The predicted molar refractivity (Wildman–Crippen MR) is 246 cm³/mol. The average Bonchev–Trinajstić information content (AvgIpc) is 3.81. The van der Waals surface area contributed by atoms with Gasteiger partial charge in [0.05, 0.1) is 29.6 Å². The summed E-state index contributed by atoms with van der Waals surface area (Å²) in [5, 5.41) is 19.7. The van der Waals surface area contributed by atoms with Crippen molar-refractivity contribution in [3.63, 3.8) is 0 Å². The predicted octanol–water partition coefficient (Wildman–Crippen LogP) is 6.79. The summed E-state index contributed by atoms with van der Waals surface area (Å²) in [6.45, 7) is 12.6. The molecular formula is C49H62F2N6O8Si. The van der Waals surface area contributed by atoms with Gasteiger partial charge in [0.25, 0.3) is 18.2 Å². The minimum absolute atomic E-state index is 0.00693. The third-order valence-electron chi connectivity index (χ3n) is 13.1. The molecule has 6 bridgehead atoms. The number of pyridine rings is 1. The number of hydrazine groups is 1. The first kappa shape index (κ1) is 48.7. The molecule has 5 atom stereocenters. The van der Waals surface area contributed by atoms with E-state index in [1.165, 1.54) is 12.1 Å². The number of rotatable bonds is 10. The second kappa shape index (κ2) is 19.9. The molecule has 0 spiro atoms. The number of phenols is 1. The zero-order chi connectivity index (χ0) is 47.7. The molecule has 2 radical (unpaired) electrons. The third-order valence-corrected chi connectivity index (χ3v) is 14.4. The van der Waals surface area contributed by atoms with Gasteiger partial charge in [-0.25, -0.2) is 8.78 Å². The maximum absolute atomic E-state index is 14.7. The second-order valence-corrected chi connectivity index (χ2v) is 20.1. The van der Waals surface area contributed by atoms with Crippen molar-refractivity contribution in [3.8, 4) is 28.1 Å². The standard InChI is InChI=1S/C49H62F2N6O8Si/c1-9-56-38-16-15-31-25-35(38)36(42(56)34-13-10-18-52-40(34)29(4)63-8)26-48(5,6)27-64-45(61)39-14-11-19-57(54-66-39)44(60)37(23-30-21-32(31)24-33(58)22-30)53-43(59)41(28(2)3)55(7)47(62)49(46(50)51)17-12-20-65-49/h10,13,15-16,18,21-22,24-25,28-29,37,39,41,46,54,58H,9,11-12,14,17,19-20,23,26-27H2,1-8H3,(H,53,59)/t29-,37-,39-,41-,49?/m0/s1. The van der Waals surface area contributed by atoms with Crippen molar-refractivity contribution in [1.82, 2.24) is 29.9 Å². The van der Waals surface area contributed by atoms with Gasteiger partial charge in [0.1, 0.15) is 17.8 Å². The summed E-state index contributed by atoms with van der Waals surface area (Å²) >= 11 is 0. The van der Waals surface area contributed by atoms with E-state index in [-0.39, 0.29) is 66.5 Å². The Labute approximate surface area is 387 Å². The number of hydrogen-bond acceptors (Lipinski definition) is 10. The van der Waals surface area contributed by atoms with Gasteiger partial charge in [-0.3, -0.25) is 34.3 Å². The lowest BCUT2D eigenvalue weighted by atomic mass is 9.84. The van der Waals surface area contributed by atoms with Crippen molar-refractivity contribution in [3.05, 3.63) is 71.5 Å². The maximum atomic E-state index is 14.7. The number of hydrogen-bond donors (Lipinski definition) is 3. The fourth-order valence-electron chi connectivity index (χ4n) is 9.73. The van der Waals surface area contributed by atoms with Gasteiger partial charge in [-0.1, -0.05) is 39.8 Å². The van der Waals surface area contributed by atoms with Crippen LogP contribution in [0.5, 0.6) is 5.75 Å². The van der Waals surface area contributed by atoms with Crippen molar-refractivity contribution < 1.29 is 47.3 Å². The van der Waals surface area contributed by atoms with E-state index in [1.807, 2.05) is 25.1 Å². The van der Waals surface area contributed by atoms with Crippen LogP contribution in [0.4, 0.5) is 8.78 Å². The fourth-order valence-corrected chi connectivity index (χ4v) is 10.8. The number of esters is 1. The molecule has 3 N–H and O–H groups in total. The highest BCUT2D eigenvalue weighted by atomic mass is 28.2. The minimum atomic E-state index is -3.11. The van der Waals surface area contributed by atoms with Crippen LogP contribution in [0.1, 0.15) is 90.2 Å². The molecule has 17 heteroatoms. The van der Waals surface area contributed by atoms with Gasteiger partial charge in [-0.05, 0) is 111 Å². The Morgan fingerprint density at radius 3 is 2.56 bits per heavy atom. The molecule has 14 nitrogen and oxygen atoms in total. The van der Waals surface area contributed by atoms with E-state index < -0.39 is 58.7 Å². The van der Waals surface area contributed by atoms with E-state index >= 15 is 0 Å². The highest BCUT2D eigenvalue weighted by Crippen LogP contribution is 2.42. The first-order valence-electron chi connectivity index (χ1n) is 22.8. The van der Waals surface area contributed by atoms with Crippen molar-refractivity contribution in [2.24, 2.45) is 11.3 Å². The summed E-state index contributed by atoms with van der Waals surface area (Å²) in [5.41, 5.74) is 3.26. The zero-order valence-corrected chi connectivity index (χ0v) is 40.1. The van der Waals surface area contributed by atoms with E-state index in [1.54, 1.807) is 39.3 Å². The van der Waals surface area contributed by atoms with Crippen LogP contribution in [-0.4, -0.2) is 116 Å². The van der Waals surface area contributed by atoms with Crippen LogP contribution in [-0.2, 0) is 52.8 Å². The quantitative estimate of drug-likeness (QED) is 0.114. The van der Waals surface area contributed by atoms with Crippen molar-refractivity contribution in [2.45, 2.75) is 122 Å². The number of aryl methyl sites for hydroxylation is 1. The molecule has 66 heavy (non-hydrogen) atoms. The molecule has 354 valence electrons. The molecule has 2 saturated heterocycles. The topological polar surface area (TPSA) is 165 Å². The van der Waals surface area contributed by atoms with Gasteiger partial charge in [-0.15, -0.1) is 0 Å². The van der Waals surface area contributed by atoms with Crippen LogP contribution in [0.3, 0.4) is 0 Å². The Morgan fingerprint density at radius 1 is 1.11 bits per heavy atom. The molecule has 3 amide bonds. The van der Waals surface area contributed by atoms with Crippen LogP contribution in [0.2, 0.25) is 5.54 Å². The molecule has 2 aromatic carbocycles. The van der Waals surface area contributed by atoms with Crippen LogP contribution in [0, 0.1) is 11.3 Å². The molecule has 5 heterocycles. The number of amides is 3. The summed E-state index contributed by atoms with van der Waals surface area (Å²) in [6, 6.07) is 12.7. The van der Waals surface area contributed by atoms with E-state index in [0.717, 1.165) is 43.9 Å². The molecule has 2 aromatic heterocycles. The molecule has 1 unspecified atom stereocenters. The van der Waals surface area contributed by atoms with Gasteiger partial charge >= 0.3 is 5.97 Å². The second-order valence-electron chi connectivity index (χ2n) is 18.9. The lowest BCUT2D eigenvalue weighted by molar-refractivity contribution is -0.174. The summed E-state index contributed by atoms with van der Waals surface area (Å²) in [5.74, 6) is -3.21. The van der Waals surface area contributed by atoms with Crippen LogP contribution in [0.25, 0.3) is 33.3 Å². The Bertz CT molecular complexity index is 2460. The molecule has 3 aliphatic rings. The molecule has 0 aliphatic carbocycles. The Morgan fingerprint density at radius 2 is 1.88 bits per heavy atom. The smallest absolute Gasteiger partial charge is 0.307 e.